The second kappa shape index (κ2) is 5.39. The van der Waals surface area contributed by atoms with Crippen molar-refractivity contribution in [3.63, 3.8) is 0 Å². The maximum atomic E-state index is 12.0. The molecule has 1 heterocycles. The normalized spacial score (nSPS) is 10.2. The average Bonchev–Trinajstić information content (AvgIpc) is 2.40. The van der Waals surface area contributed by atoms with E-state index < -0.39 is 4.92 Å². The van der Waals surface area contributed by atoms with Crippen LogP contribution in [0.3, 0.4) is 0 Å². The Bertz CT molecular complexity index is 624. The molecule has 0 saturated carbocycles. The summed E-state index contributed by atoms with van der Waals surface area (Å²) in [6.07, 6.45) is 1.75. The molecule has 0 saturated heterocycles. The molecular weight excluding hydrogens is 244 g/mol. The van der Waals surface area contributed by atoms with Gasteiger partial charge in [-0.3, -0.25) is 19.9 Å². The van der Waals surface area contributed by atoms with E-state index in [1.54, 1.807) is 43.5 Å². The number of Topliss-reactive ketones (excluding diaryl/α,β-unsaturated/α-hetero) is 1. The minimum absolute atomic E-state index is 0.0353. The van der Waals surface area contributed by atoms with E-state index in [1.165, 1.54) is 6.07 Å². The molecule has 0 fully saturated rings. The van der Waals surface area contributed by atoms with Crippen molar-refractivity contribution < 1.29 is 9.72 Å². The van der Waals surface area contributed by atoms with Gasteiger partial charge in [-0.05, 0) is 19.1 Å². The van der Waals surface area contributed by atoms with E-state index >= 15 is 0 Å². The Morgan fingerprint density at radius 2 is 2.11 bits per heavy atom. The topological polar surface area (TPSA) is 73.1 Å². The molecule has 1 aromatic heterocycles. The summed E-state index contributed by atoms with van der Waals surface area (Å²) in [6.45, 7) is 1.64. The van der Waals surface area contributed by atoms with E-state index in [4.69, 9.17) is 0 Å². The first-order chi connectivity index (χ1) is 9.08. The molecule has 0 radical (unpaired) electrons. The number of benzene rings is 1. The zero-order valence-corrected chi connectivity index (χ0v) is 10.4. The zero-order valence-electron chi connectivity index (χ0n) is 10.4. The third kappa shape index (κ3) is 3.01. The van der Waals surface area contributed by atoms with Crippen LogP contribution in [0.15, 0.2) is 42.6 Å². The molecule has 0 aliphatic heterocycles. The number of pyridine rings is 1. The second-order valence-electron chi connectivity index (χ2n) is 4.18. The fourth-order valence-electron chi connectivity index (χ4n) is 1.75. The third-order valence-corrected chi connectivity index (χ3v) is 2.80. The number of hydrogen-bond donors (Lipinski definition) is 0. The van der Waals surface area contributed by atoms with E-state index in [0.29, 0.717) is 16.8 Å². The Morgan fingerprint density at radius 1 is 1.32 bits per heavy atom. The number of aromatic nitrogens is 1. The van der Waals surface area contributed by atoms with Gasteiger partial charge in [0.25, 0.3) is 5.69 Å². The fourth-order valence-corrected chi connectivity index (χ4v) is 1.75. The van der Waals surface area contributed by atoms with Crippen LogP contribution in [0.4, 0.5) is 5.69 Å². The molecule has 2 rings (SSSR count). The minimum Gasteiger partial charge on any atom is -0.294 e. The van der Waals surface area contributed by atoms with Crippen molar-refractivity contribution in [1.29, 1.82) is 0 Å². The quantitative estimate of drug-likeness (QED) is 0.479. The Hall–Kier alpha value is -2.56. The molecule has 0 aliphatic carbocycles. The van der Waals surface area contributed by atoms with Gasteiger partial charge in [-0.1, -0.05) is 18.2 Å². The summed E-state index contributed by atoms with van der Waals surface area (Å²) in [6, 6.07) is 9.83. The Morgan fingerprint density at radius 3 is 2.74 bits per heavy atom. The predicted molar refractivity (Wildman–Crippen MR) is 70.1 cm³/mol. The molecule has 0 atom stereocenters. The summed E-state index contributed by atoms with van der Waals surface area (Å²) >= 11 is 0. The Balaban J connectivity index is 2.25. The fraction of sp³-hybridized carbons (Fsp3) is 0.143. The lowest BCUT2D eigenvalue weighted by atomic mass is 10.0. The van der Waals surface area contributed by atoms with Crippen LogP contribution < -0.4 is 0 Å². The van der Waals surface area contributed by atoms with Gasteiger partial charge < -0.3 is 0 Å². The molecule has 2 aromatic rings. The molecule has 5 nitrogen and oxygen atoms in total. The highest BCUT2D eigenvalue weighted by Crippen LogP contribution is 2.20. The molecule has 0 spiro atoms. The lowest BCUT2D eigenvalue weighted by Gasteiger charge is -2.02. The average molecular weight is 256 g/mol. The van der Waals surface area contributed by atoms with Crippen molar-refractivity contribution in [3.05, 3.63) is 69.5 Å². The molecule has 96 valence electrons. The van der Waals surface area contributed by atoms with Gasteiger partial charge in [0.2, 0.25) is 0 Å². The van der Waals surface area contributed by atoms with Crippen molar-refractivity contribution in [2.24, 2.45) is 0 Å². The summed E-state index contributed by atoms with van der Waals surface area (Å²) in [5, 5.41) is 10.8. The Kier molecular flexibility index (Phi) is 3.66. The monoisotopic (exact) mass is 256 g/mol. The van der Waals surface area contributed by atoms with Crippen molar-refractivity contribution in [3.8, 4) is 0 Å². The van der Waals surface area contributed by atoms with E-state index in [9.17, 15) is 14.9 Å². The van der Waals surface area contributed by atoms with Crippen LogP contribution in [-0.4, -0.2) is 15.7 Å². The van der Waals surface area contributed by atoms with E-state index in [-0.39, 0.29) is 17.9 Å². The van der Waals surface area contributed by atoms with Crippen molar-refractivity contribution in [2.75, 3.05) is 0 Å². The summed E-state index contributed by atoms with van der Waals surface area (Å²) in [5.41, 5.74) is 1.49. The van der Waals surface area contributed by atoms with Gasteiger partial charge in [0.15, 0.2) is 5.78 Å². The molecule has 0 aliphatic rings. The molecule has 0 unspecified atom stereocenters. The third-order valence-electron chi connectivity index (χ3n) is 2.80. The summed E-state index contributed by atoms with van der Waals surface area (Å²) in [5.74, 6) is -0.179. The largest absolute Gasteiger partial charge is 0.294 e. The first-order valence-electron chi connectivity index (χ1n) is 5.76. The summed E-state index contributed by atoms with van der Waals surface area (Å²) < 4.78 is 0. The van der Waals surface area contributed by atoms with Gasteiger partial charge in [0.05, 0.1) is 11.3 Å². The highest BCUT2D eigenvalue weighted by Gasteiger charge is 2.15. The molecule has 0 N–H and O–H groups in total. The standard InChI is InChI=1S/C14H12N2O3/c1-10-5-6-11(8-13(10)16(18)19)14(17)9-12-4-2-3-7-15-12/h2-8H,9H2,1H3. The first-order valence-corrected chi connectivity index (χ1v) is 5.76. The highest BCUT2D eigenvalue weighted by atomic mass is 16.6. The molecule has 19 heavy (non-hydrogen) atoms. The van der Waals surface area contributed by atoms with Gasteiger partial charge >= 0.3 is 0 Å². The number of rotatable bonds is 4. The predicted octanol–water partition coefficient (Wildman–Crippen LogP) is 2.72. The molecule has 1 aromatic carbocycles. The van der Waals surface area contributed by atoms with Crippen LogP contribution in [0.1, 0.15) is 21.6 Å². The Labute approximate surface area is 110 Å². The van der Waals surface area contributed by atoms with Gasteiger partial charge in [-0.2, -0.15) is 0 Å². The van der Waals surface area contributed by atoms with Crippen LogP contribution >= 0.6 is 0 Å². The van der Waals surface area contributed by atoms with E-state index in [0.717, 1.165) is 0 Å². The van der Waals surface area contributed by atoms with Crippen LogP contribution in [0.5, 0.6) is 0 Å². The van der Waals surface area contributed by atoms with Crippen molar-refractivity contribution in [2.45, 2.75) is 13.3 Å². The molecule has 0 amide bonds. The highest BCUT2D eigenvalue weighted by molar-refractivity contribution is 5.98. The number of carbonyl (C=O) groups excluding carboxylic acids is 1. The number of nitro groups is 1. The molecule has 0 bridgehead atoms. The summed E-state index contributed by atoms with van der Waals surface area (Å²) in [4.78, 5) is 26.5. The lowest BCUT2D eigenvalue weighted by Crippen LogP contribution is -2.06. The SMILES string of the molecule is Cc1ccc(C(=O)Cc2ccccn2)cc1[N+](=O)[O-]. The second-order valence-corrected chi connectivity index (χ2v) is 4.18. The maximum absolute atomic E-state index is 12.0. The lowest BCUT2D eigenvalue weighted by molar-refractivity contribution is -0.385. The molecule has 5 heteroatoms. The number of nitro benzene ring substituents is 1. The number of nitrogens with zero attached hydrogens (tertiary/aromatic N) is 2. The van der Waals surface area contributed by atoms with Crippen molar-refractivity contribution in [1.82, 2.24) is 4.98 Å². The number of aryl methyl sites for hydroxylation is 1. The number of carbonyl (C=O) groups is 1. The van der Waals surface area contributed by atoms with Crippen LogP contribution in [0, 0.1) is 17.0 Å². The van der Waals surface area contributed by atoms with Crippen molar-refractivity contribution >= 4 is 11.5 Å². The van der Waals surface area contributed by atoms with Gasteiger partial charge in [0, 0.05) is 29.1 Å². The number of hydrogen-bond acceptors (Lipinski definition) is 4. The molecular formula is C14H12N2O3. The summed E-state index contributed by atoms with van der Waals surface area (Å²) in [7, 11) is 0. The van der Waals surface area contributed by atoms with Gasteiger partial charge in [0.1, 0.15) is 0 Å². The van der Waals surface area contributed by atoms with Crippen LogP contribution in [-0.2, 0) is 6.42 Å². The van der Waals surface area contributed by atoms with Crippen LogP contribution in [0.2, 0.25) is 0 Å². The smallest absolute Gasteiger partial charge is 0.273 e. The van der Waals surface area contributed by atoms with Gasteiger partial charge in [-0.25, -0.2) is 0 Å². The van der Waals surface area contributed by atoms with Crippen LogP contribution in [0.25, 0.3) is 0 Å². The maximum Gasteiger partial charge on any atom is 0.273 e. The van der Waals surface area contributed by atoms with E-state index in [2.05, 4.69) is 4.98 Å². The van der Waals surface area contributed by atoms with E-state index in [1.807, 2.05) is 0 Å². The minimum atomic E-state index is -0.479. The first kappa shape index (κ1) is 12.9. The zero-order chi connectivity index (χ0) is 13.8. The number of ketones is 1. The van der Waals surface area contributed by atoms with Gasteiger partial charge in [-0.15, -0.1) is 0 Å².